The first-order valence-electron chi connectivity index (χ1n) is 7.01. The van der Waals surface area contributed by atoms with Gasteiger partial charge in [0.1, 0.15) is 5.75 Å². The van der Waals surface area contributed by atoms with Crippen LogP contribution in [0.5, 0.6) is 5.75 Å². The average Bonchev–Trinajstić information content (AvgIpc) is 2.49. The SMILES string of the molecule is COc1cc(CNCCOCC(C)C)ccc1/C(N)=N/O. The highest BCUT2D eigenvalue weighted by molar-refractivity contribution is 5.99. The van der Waals surface area contributed by atoms with E-state index in [4.69, 9.17) is 20.4 Å². The molecule has 0 aliphatic carbocycles. The van der Waals surface area contributed by atoms with Gasteiger partial charge in [0.2, 0.25) is 0 Å². The summed E-state index contributed by atoms with van der Waals surface area (Å²) in [5, 5.41) is 15.0. The van der Waals surface area contributed by atoms with E-state index in [0.717, 1.165) is 18.7 Å². The Bertz CT molecular complexity index is 461. The molecular weight excluding hydrogens is 270 g/mol. The van der Waals surface area contributed by atoms with Crippen LogP contribution in [0.15, 0.2) is 23.4 Å². The second-order valence-electron chi connectivity index (χ2n) is 5.17. The number of methoxy groups -OCH3 is 1. The molecule has 0 spiro atoms. The zero-order valence-electron chi connectivity index (χ0n) is 12.9. The van der Waals surface area contributed by atoms with Crippen LogP contribution in [-0.2, 0) is 11.3 Å². The van der Waals surface area contributed by atoms with Crippen LogP contribution < -0.4 is 15.8 Å². The maximum absolute atomic E-state index is 8.72. The molecule has 1 rings (SSSR count). The quantitative estimate of drug-likeness (QED) is 0.211. The molecule has 0 heterocycles. The normalized spacial score (nSPS) is 11.9. The van der Waals surface area contributed by atoms with Crippen molar-refractivity contribution in [2.24, 2.45) is 16.8 Å². The lowest BCUT2D eigenvalue weighted by atomic mass is 10.1. The summed E-state index contributed by atoms with van der Waals surface area (Å²) in [7, 11) is 1.56. The highest BCUT2D eigenvalue weighted by Crippen LogP contribution is 2.19. The molecule has 0 unspecified atom stereocenters. The summed E-state index contributed by atoms with van der Waals surface area (Å²) < 4.78 is 10.8. The molecule has 4 N–H and O–H groups in total. The van der Waals surface area contributed by atoms with Crippen LogP contribution in [0.1, 0.15) is 25.0 Å². The van der Waals surface area contributed by atoms with Crippen molar-refractivity contribution >= 4 is 5.84 Å². The Kier molecular flexibility index (Phi) is 7.56. The van der Waals surface area contributed by atoms with Crippen molar-refractivity contribution in [3.8, 4) is 5.75 Å². The van der Waals surface area contributed by atoms with Gasteiger partial charge in [-0.15, -0.1) is 0 Å². The lowest BCUT2D eigenvalue weighted by molar-refractivity contribution is 0.111. The van der Waals surface area contributed by atoms with E-state index in [9.17, 15) is 0 Å². The van der Waals surface area contributed by atoms with E-state index in [0.29, 0.717) is 30.4 Å². The van der Waals surface area contributed by atoms with Crippen LogP contribution in [-0.4, -0.2) is 37.9 Å². The highest BCUT2D eigenvalue weighted by Gasteiger charge is 2.08. The summed E-state index contributed by atoms with van der Waals surface area (Å²) in [6.45, 7) is 7.22. The third kappa shape index (κ3) is 6.01. The largest absolute Gasteiger partial charge is 0.496 e. The van der Waals surface area contributed by atoms with E-state index in [1.165, 1.54) is 0 Å². The number of hydrogen-bond donors (Lipinski definition) is 3. The van der Waals surface area contributed by atoms with Crippen LogP contribution in [0.3, 0.4) is 0 Å². The van der Waals surface area contributed by atoms with Gasteiger partial charge in [0.25, 0.3) is 0 Å². The molecule has 6 nitrogen and oxygen atoms in total. The summed E-state index contributed by atoms with van der Waals surface area (Å²) in [4.78, 5) is 0. The topological polar surface area (TPSA) is 89.1 Å². The maximum atomic E-state index is 8.72. The van der Waals surface area contributed by atoms with E-state index in [-0.39, 0.29) is 5.84 Å². The van der Waals surface area contributed by atoms with Crippen molar-refractivity contribution in [1.29, 1.82) is 0 Å². The second-order valence-corrected chi connectivity index (χ2v) is 5.17. The first-order chi connectivity index (χ1) is 10.1. The molecule has 0 fully saturated rings. The monoisotopic (exact) mass is 295 g/mol. The van der Waals surface area contributed by atoms with Gasteiger partial charge in [0.15, 0.2) is 5.84 Å². The molecule has 0 aromatic heterocycles. The number of rotatable bonds is 9. The maximum Gasteiger partial charge on any atom is 0.173 e. The van der Waals surface area contributed by atoms with Crippen molar-refractivity contribution in [1.82, 2.24) is 5.32 Å². The summed E-state index contributed by atoms with van der Waals surface area (Å²) in [6, 6.07) is 5.56. The molecular formula is C15H25N3O3. The number of amidine groups is 1. The number of benzene rings is 1. The van der Waals surface area contributed by atoms with Gasteiger partial charge in [-0.3, -0.25) is 0 Å². The molecule has 0 bridgehead atoms. The minimum Gasteiger partial charge on any atom is -0.496 e. The van der Waals surface area contributed by atoms with Gasteiger partial charge in [-0.1, -0.05) is 25.1 Å². The van der Waals surface area contributed by atoms with Gasteiger partial charge in [0.05, 0.1) is 19.3 Å². The zero-order chi connectivity index (χ0) is 15.7. The Labute approximate surface area is 125 Å². The first kappa shape index (κ1) is 17.3. The van der Waals surface area contributed by atoms with Gasteiger partial charge in [-0.2, -0.15) is 0 Å². The number of nitrogens with two attached hydrogens (primary N) is 1. The third-order valence-electron chi connectivity index (χ3n) is 2.85. The number of nitrogens with zero attached hydrogens (tertiary/aromatic N) is 1. The van der Waals surface area contributed by atoms with E-state index in [1.807, 2.05) is 12.1 Å². The molecule has 0 aliphatic rings. The van der Waals surface area contributed by atoms with Gasteiger partial charge >= 0.3 is 0 Å². The minimum atomic E-state index is 0.0356. The van der Waals surface area contributed by atoms with Crippen molar-refractivity contribution in [2.45, 2.75) is 20.4 Å². The van der Waals surface area contributed by atoms with Crippen LogP contribution >= 0.6 is 0 Å². The van der Waals surface area contributed by atoms with Gasteiger partial charge < -0.3 is 25.7 Å². The second kappa shape index (κ2) is 9.20. The lowest BCUT2D eigenvalue weighted by Crippen LogP contribution is -2.20. The fourth-order valence-corrected chi connectivity index (χ4v) is 1.81. The van der Waals surface area contributed by atoms with Crippen molar-refractivity contribution < 1.29 is 14.7 Å². The van der Waals surface area contributed by atoms with Crippen LogP contribution in [0, 0.1) is 5.92 Å². The van der Waals surface area contributed by atoms with Crippen LogP contribution in [0.2, 0.25) is 0 Å². The molecule has 6 heteroatoms. The van der Waals surface area contributed by atoms with Crippen LogP contribution in [0.25, 0.3) is 0 Å². The van der Waals surface area contributed by atoms with E-state index >= 15 is 0 Å². The molecule has 0 amide bonds. The Morgan fingerprint density at radius 1 is 1.43 bits per heavy atom. The molecule has 0 saturated heterocycles. The van der Waals surface area contributed by atoms with Gasteiger partial charge in [-0.05, 0) is 23.6 Å². The Morgan fingerprint density at radius 3 is 2.81 bits per heavy atom. The lowest BCUT2D eigenvalue weighted by Gasteiger charge is -2.11. The standard InChI is InChI=1S/C15H25N3O3/c1-11(2)10-21-7-6-17-9-12-4-5-13(15(16)18-19)14(8-12)20-3/h4-5,8,11,17,19H,6-7,9-10H2,1-3H3,(H2,16,18). The molecule has 21 heavy (non-hydrogen) atoms. The van der Waals surface area contributed by atoms with Crippen molar-refractivity contribution in [3.63, 3.8) is 0 Å². The number of oxime groups is 1. The van der Waals surface area contributed by atoms with Gasteiger partial charge in [0, 0.05) is 19.7 Å². The zero-order valence-corrected chi connectivity index (χ0v) is 12.9. The van der Waals surface area contributed by atoms with Crippen molar-refractivity contribution in [3.05, 3.63) is 29.3 Å². The van der Waals surface area contributed by atoms with Gasteiger partial charge in [-0.25, -0.2) is 0 Å². The fourth-order valence-electron chi connectivity index (χ4n) is 1.81. The average molecular weight is 295 g/mol. The Hall–Kier alpha value is -1.79. The predicted molar refractivity (Wildman–Crippen MR) is 82.9 cm³/mol. The fraction of sp³-hybridized carbons (Fsp3) is 0.533. The smallest absolute Gasteiger partial charge is 0.173 e. The van der Waals surface area contributed by atoms with Crippen LogP contribution in [0.4, 0.5) is 0 Å². The highest BCUT2D eigenvalue weighted by atomic mass is 16.5. The Morgan fingerprint density at radius 2 is 2.19 bits per heavy atom. The molecule has 0 atom stereocenters. The van der Waals surface area contributed by atoms with Crippen molar-refractivity contribution in [2.75, 3.05) is 26.9 Å². The molecule has 1 aromatic carbocycles. The Balaban J connectivity index is 2.46. The molecule has 0 aliphatic heterocycles. The summed E-state index contributed by atoms with van der Waals surface area (Å²) in [5.41, 5.74) is 7.22. The molecule has 0 saturated carbocycles. The molecule has 1 aromatic rings. The van der Waals surface area contributed by atoms with E-state index < -0.39 is 0 Å². The van der Waals surface area contributed by atoms with E-state index in [1.54, 1.807) is 13.2 Å². The van der Waals surface area contributed by atoms with E-state index in [2.05, 4.69) is 24.3 Å². The molecule has 118 valence electrons. The molecule has 0 radical (unpaired) electrons. The number of nitrogens with one attached hydrogen (secondary N) is 1. The summed E-state index contributed by atoms with van der Waals surface area (Å²) in [6.07, 6.45) is 0. The number of ether oxygens (including phenoxy) is 2. The first-order valence-corrected chi connectivity index (χ1v) is 7.01. The number of hydrogen-bond acceptors (Lipinski definition) is 5. The summed E-state index contributed by atoms with van der Waals surface area (Å²) >= 11 is 0. The predicted octanol–water partition coefficient (Wildman–Crippen LogP) is 1.55. The third-order valence-corrected chi connectivity index (χ3v) is 2.85. The minimum absolute atomic E-state index is 0.0356. The summed E-state index contributed by atoms with van der Waals surface area (Å²) in [5.74, 6) is 1.18.